The van der Waals surface area contributed by atoms with Crippen molar-refractivity contribution in [3.63, 3.8) is 0 Å². The summed E-state index contributed by atoms with van der Waals surface area (Å²) in [5.74, 6) is 1.63. The van der Waals surface area contributed by atoms with E-state index in [2.05, 4.69) is 18.2 Å². The van der Waals surface area contributed by atoms with Crippen molar-refractivity contribution in [2.75, 3.05) is 18.2 Å². The fraction of sp³-hybridized carbons (Fsp3) is 0.278. The van der Waals surface area contributed by atoms with Gasteiger partial charge in [-0.3, -0.25) is 4.79 Å². The van der Waals surface area contributed by atoms with Crippen LogP contribution in [0, 0.1) is 0 Å². The molecule has 0 saturated carbocycles. The lowest BCUT2D eigenvalue weighted by Crippen LogP contribution is -2.34. The van der Waals surface area contributed by atoms with E-state index in [0.717, 1.165) is 47.7 Å². The number of aryl methyl sites for hydroxylation is 1. The summed E-state index contributed by atoms with van der Waals surface area (Å²) in [6.07, 6.45) is 2.02. The maximum atomic E-state index is 12.0. The third kappa shape index (κ3) is 2.03. The summed E-state index contributed by atoms with van der Waals surface area (Å²) in [6.45, 7) is 2.68. The molecule has 2 heterocycles. The van der Waals surface area contributed by atoms with Gasteiger partial charge >= 0.3 is 0 Å². The molecule has 0 saturated heterocycles. The summed E-state index contributed by atoms with van der Waals surface area (Å²) < 4.78 is 10.9. The van der Waals surface area contributed by atoms with Gasteiger partial charge in [-0.1, -0.05) is 24.3 Å². The second-order valence-corrected chi connectivity index (χ2v) is 5.66. The lowest BCUT2D eigenvalue weighted by atomic mass is 9.93. The Balaban J connectivity index is 1.87. The Labute approximate surface area is 129 Å². The number of fused-ring (bicyclic) bond motifs is 2. The van der Waals surface area contributed by atoms with Gasteiger partial charge in [0.05, 0.1) is 5.69 Å². The van der Waals surface area contributed by atoms with Crippen LogP contribution in [0.15, 0.2) is 36.4 Å². The van der Waals surface area contributed by atoms with Crippen LogP contribution in [-0.2, 0) is 11.2 Å². The van der Waals surface area contributed by atoms with Crippen LogP contribution < -0.4 is 14.4 Å². The number of hydrogen-bond donors (Lipinski definition) is 0. The highest BCUT2D eigenvalue weighted by Gasteiger charge is 2.24. The molecule has 1 amide bonds. The topological polar surface area (TPSA) is 38.8 Å². The van der Waals surface area contributed by atoms with Crippen LogP contribution in [0.2, 0.25) is 0 Å². The van der Waals surface area contributed by atoms with Crippen molar-refractivity contribution >= 4 is 11.6 Å². The number of para-hydroxylation sites is 1. The second kappa shape index (κ2) is 5.05. The minimum atomic E-state index is 0.0918. The van der Waals surface area contributed by atoms with Gasteiger partial charge < -0.3 is 14.4 Å². The number of carbonyl (C=O) groups is 1. The highest BCUT2D eigenvalue weighted by molar-refractivity contribution is 5.98. The Morgan fingerprint density at radius 1 is 1.14 bits per heavy atom. The van der Waals surface area contributed by atoms with E-state index < -0.39 is 0 Å². The van der Waals surface area contributed by atoms with Gasteiger partial charge in [0, 0.05) is 19.0 Å². The molecule has 4 rings (SSSR count). The minimum absolute atomic E-state index is 0.0918. The van der Waals surface area contributed by atoms with Crippen molar-refractivity contribution in [1.82, 2.24) is 0 Å². The van der Waals surface area contributed by atoms with E-state index in [-0.39, 0.29) is 12.7 Å². The van der Waals surface area contributed by atoms with Crippen LogP contribution in [0.3, 0.4) is 0 Å². The Morgan fingerprint density at radius 3 is 2.86 bits per heavy atom. The maximum absolute atomic E-state index is 12.0. The lowest BCUT2D eigenvalue weighted by Gasteiger charge is -2.31. The van der Waals surface area contributed by atoms with Crippen LogP contribution in [-0.4, -0.2) is 19.2 Å². The summed E-state index contributed by atoms with van der Waals surface area (Å²) in [4.78, 5) is 13.9. The summed E-state index contributed by atoms with van der Waals surface area (Å²) >= 11 is 0. The molecule has 0 spiro atoms. The number of amides is 1. The van der Waals surface area contributed by atoms with Crippen molar-refractivity contribution in [1.29, 1.82) is 0 Å². The molecule has 2 aliphatic rings. The van der Waals surface area contributed by atoms with Gasteiger partial charge in [0.1, 0.15) is 0 Å². The molecule has 2 aliphatic heterocycles. The third-order valence-electron chi connectivity index (χ3n) is 4.28. The van der Waals surface area contributed by atoms with Gasteiger partial charge in [0.15, 0.2) is 11.5 Å². The molecule has 0 bridgehead atoms. The monoisotopic (exact) mass is 295 g/mol. The average molecular weight is 295 g/mol. The molecule has 22 heavy (non-hydrogen) atoms. The molecule has 112 valence electrons. The quantitative estimate of drug-likeness (QED) is 0.809. The van der Waals surface area contributed by atoms with Crippen molar-refractivity contribution in [2.24, 2.45) is 0 Å². The molecule has 0 N–H and O–H groups in total. The van der Waals surface area contributed by atoms with E-state index in [1.54, 1.807) is 6.92 Å². The fourth-order valence-electron chi connectivity index (χ4n) is 3.26. The molecular formula is C18H17NO3. The van der Waals surface area contributed by atoms with Crippen LogP contribution >= 0.6 is 0 Å². The van der Waals surface area contributed by atoms with Gasteiger partial charge in [-0.15, -0.1) is 0 Å². The second-order valence-electron chi connectivity index (χ2n) is 5.66. The first-order valence-corrected chi connectivity index (χ1v) is 7.54. The number of ether oxygens (including phenoxy) is 2. The molecular weight excluding hydrogens is 278 g/mol. The molecule has 0 unspecified atom stereocenters. The van der Waals surface area contributed by atoms with E-state index in [4.69, 9.17) is 9.47 Å². The standard InChI is InChI=1S/C18H17NO3/c1-12(20)19-9-3-5-13-4-2-6-15(18(13)19)14-7-8-16-17(10-14)22-11-21-16/h2,4,6-8,10H,3,5,9,11H2,1H3. The van der Waals surface area contributed by atoms with E-state index in [1.807, 2.05) is 23.1 Å². The average Bonchev–Trinajstić information content (AvgIpc) is 3.01. The Kier molecular flexibility index (Phi) is 3.03. The van der Waals surface area contributed by atoms with Crippen molar-refractivity contribution in [3.05, 3.63) is 42.0 Å². The zero-order valence-electron chi connectivity index (χ0n) is 12.5. The molecule has 2 aromatic rings. The van der Waals surface area contributed by atoms with Gasteiger partial charge in [-0.25, -0.2) is 0 Å². The largest absolute Gasteiger partial charge is 0.454 e. The molecule has 4 nitrogen and oxygen atoms in total. The number of hydrogen-bond acceptors (Lipinski definition) is 3. The number of nitrogens with zero attached hydrogens (tertiary/aromatic N) is 1. The first-order chi connectivity index (χ1) is 10.7. The van der Waals surface area contributed by atoms with E-state index >= 15 is 0 Å². The number of rotatable bonds is 1. The highest BCUT2D eigenvalue weighted by Crippen LogP contribution is 2.41. The van der Waals surface area contributed by atoms with Gasteiger partial charge in [0.25, 0.3) is 0 Å². The van der Waals surface area contributed by atoms with Gasteiger partial charge in [-0.2, -0.15) is 0 Å². The number of carbonyl (C=O) groups excluding carboxylic acids is 1. The molecule has 2 aromatic carbocycles. The van der Waals surface area contributed by atoms with Crippen molar-refractivity contribution < 1.29 is 14.3 Å². The molecule has 0 fully saturated rings. The smallest absolute Gasteiger partial charge is 0.231 e. The zero-order valence-corrected chi connectivity index (χ0v) is 12.5. The molecule has 4 heteroatoms. The fourth-order valence-corrected chi connectivity index (χ4v) is 3.26. The number of anilines is 1. The zero-order chi connectivity index (χ0) is 15.1. The molecule has 0 atom stereocenters. The highest BCUT2D eigenvalue weighted by atomic mass is 16.7. The van der Waals surface area contributed by atoms with Crippen LogP contribution in [0.5, 0.6) is 11.5 Å². The van der Waals surface area contributed by atoms with Crippen molar-refractivity contribution in [3.8, 4) is 22.6 Å². The summed E-state index contributed by atoms with van der Waals surface area (Å²) in [5, 5.41) is 0. The van der Waals surface area contributed by atoms with Crippen LogP contribution in [0.25, 0.3) is 11.1 Å². The van der Waals surface area contributed by atoms with E-state index in [1.165, 1.54) is 5.56 Å². The van der Waals surface area contributed by atoms with Gasteiger partial charge in [0.2, 0.25) is 12.7 Å². The summed E-state index contributed by atoms with van der Waals surface area (Å²) in [6, 6.07) is 12.2. The predicted molar refractivity (Wildman–Crippen MR) is 84.3 cm³/mol. The maximum Gasteiger partial charge on any atom is 0.231 e. The normalized spacial score (nSPS) is 15.6. The first-order valence-electron chi connectivity index (χ1n) is 7.54. The lowest BCUT2D eigenvalue weighted by molar-refractivity contribution is -0.116. The Bertz CT molecular complexity index is 754. The van der Waals surface area contributed by atoms with E-state index in [9.17, 15) is 4.79 Å². The number of benzene rings is 2. The molecule has 0 aliphatic carbocycles. The van der Waals surface area contributed by atoms with E-state index in [0.29, 0.717) is 0 Å². The van der Waals surface area contributed by atoms with Crippen LogP contribution in [0.1, 0.15) is 18.9 Å². The Hall–Kier alpha value is -2.49. The van der Waals surface area contributed by atoms with Gasteiger partial charge in [-0.05, 0) is 36.1 Å². The summed E-state index contributed by atoms with van der Waals surface area (Å²) in [7, 11) is 0. The van der Waals surface area contributed by atoms with Crippen LogP contribution in [0.4, 0.5) is 5.69 Å². The Morgan fingerprint density at radius 2 is 2.00 bits per heavy atom. The first kappa shape index (κ1) is 13.2. The molecule has 0 radical (unpaired) electrons. The van der Waals surface area contributed by atoms with Crippen molar-refractivity contribution in [2.45, 2.75) is 19.8 Å². The SMILES string of the molecule is CC(=O)N1CCCc2cccc(-c3ccc4c(c3)OCO4)c21. The predicted octanol–water partition coefficient (Wildman–Crippen LogP) is 3.38. The molecule has 0 aromatic heterocycles. The third-order valence-corrected chi connectivity index (χ3v) is 4.28. The minimum Gasteiger partial charge on any atom is -0.454 e. The summed E-state index contributed by atoms with van der Waals surface area (Å²) in [5.41, 5.74) is 4.40.